The number of aldehydes is 1. The molecule has 0 aliphatic carbocycles. The molecule has 0 saturated heterocycles. The minimum absolute atomic E-state index is 0.395. The van der Waals surface area contributed by atoms with Crippen molar-refractivity contribution < 1.29 is 9.53 Å². The molecular formula is C15H13ClO2. The molecule has 92 valence electrons. The summed E-state index contributed by atoms with van der Waals surface area (Å²) >= 11 is 6.02. The zero-order valence-electron chi connectivity index (χ0n) is 10.0. The van der Waals surface area contributed by atoms with Gasteiger partial charge in [0.25, 0.3) is 0 Å². The summed E-state index contributed by atoms with van der Waals surface area (Å²) in [7, 11) is 0. The van der Waals surface area contributed by atoms with Crippen molar-refractivity contribution in [3.05, 3.63) is 64.2 Å². The van der Waals surface area contributed by atoms with Gasteiger partial charge in [0, 0.05) is 0 Å². The highest BCUT2D eigenvalue weighted by Crippen LogP contribution is 2.28. The SMILES string of the molecule is Cc1cccc(COc2c(Cl)cccc2C=O)c1. The minimum Gasteiger partial charge on any atom is -0.487 e. The Bertz CT molecular complexity index is 564. The molecule has 0 N–H and O–H groups in total. The topological polar surface area (TPSA) is 26.3 Å². The van der Waals surface area contributed by atoms with Crippen molar-refractivity contribution in [1.82, 2.24) is 0 Å². The second-order valence-electron chi connectivity index (χ2n) is 4.05. The molecule has 0 radical (unpaired) electrons. The van der Waals surface area contributed by atoms with Crippen LogP contribution in [0.15, 0.2) is 42.5 Å². The van der Waals surface area contributed by atoms with Crippen molar-refractivity contribution in [2.75, 3.05) is 0 Å². The number of rotatable bonds is 4. The molecule has 0 aliphatic rings. The summed E-state index contributed by atoms with van der Waals surface area (Å²) in [5.74, 6) is 0.440. The largest absolute Gasteiger partial charge is 0.487 e. The van der Waals surface area contributed by atoms with Gasteiger partial charge in [-0.15, -0.1) is 0 Å². The molecule has 0 spiro atoms. The van der Waals surface area contributed by atoms with Crippen LogP contribution in [0.3, 0.4) is 0 Å². The summed E-state index contributed by atoms with van der Waals surface area (Å²) in [5.41, 5.74) is 2.69. The molecule has 0 fully saturated rings. The Morgan fingerprint density at radius 3 is 2.72 bits per heavy atom. The number of carbonyl (C=O) groups excluding carboxylic acids is 1. The number of hydrogen-bond acceptors (Lipinski definition) is 2. The van der Waals surface area contributed by atoms with Gasteiger partial charge in [-0.3, -0.25) is 4.79 Å². The van der Waals surface area contributed by atoms with Gasteiger partial charge in [0.1, 0.15) is 12.4 Å². The molecule has 2 aromatic carbocycles. The lowest BCUT2D eigenvalue weighted by molar-refractivity contribution is 0.111. The van der Waals surface area contributed by atoms with Crippen molar-refractivity contribution >= 4 is 17.9 Å². The Morgan fingerprint density at radius 1 is 1.22 bits per heavy atom. The maximum absolute atomic E-state index is 10.9. The minimum atomic E-state index is 0.395. The van der Waals surface area contributed by atoms with E-state index >= 15 is 0 Å². The monoisotopic (exact) mass is 260 g/mol. The number of benzene rings is 2. The van der Waals surface area contributed by atoms with Gasteiger partial charge in [-0.2, -0.15) is 0 Å². The van der Waals surface area contributed by atoms with Crippen molar-refractivity contribution in [2.45, 2.75) is 13.5 Å². The highest BCUT2D eigenvalue weighted by molar-refractivity contribution is 6.32. The number of halogens is 1. The fourth-order valence-electron chi connectivity index (χ4n) is 1.73. The van der Waals surface area contributed by atoms with Crippen LogP contribution in [0.4, 0.5) is 0 Å². The number of carbonyl (C=O) groups is 1. The van der Waals surface area contributed by atoms with E-state index in [1.165, 1.54) is 5.56 Å². The molecule has 0 aromatic heterocycles. The van der Waals surface area contributed by atoms with Crippen LogP contribution in [-0.2, 0) is 6.61 Å². The maximum Gasteiger partial charge on any atom is 0.153 e. The fourth-order valence-corrected chi connectivity index (χ4v) is 1.96. The Morgan fingerprint density at radius 2 is 2.00 bits per heavy atom. The molecule has 0 bridgehead atoms. The van der Waals surface area contributed by atoms with Gasteiger partial charge in [0.15, 0.2) is 6.29 Å². The first-order chi connectivity index (χ1) is 8.70. The summed E-state index contributed by atoms with van der Waals surface area (Å²) in [6.07, 6.45) is 0.747. The molecule has 0 atom stereocenters. The molecule has 18 heavy (non-hydrogen) atoms. The Balaban J connectivity index is 2.18. The lowest BCUT2D eigenvalue weighted by atomic mass is 10.1. The van der Waals surface area contributed by atoms with Crippen molar-refractivity contribution in [1.29, 1.82) is 0 Å². The normalized spacial score (nSPS) is 10.1. The molecular weight excluding hydrogens is 248 g/mol. The molecule has 2 nitrogen and oxygen atoms in total. The zero-order valence-corrected chi connectivity index (χ0v) is 10.8. The Hall–Kier alpha value is -1.80. The molecule has 0 saturated carbocycles. The maximum atomic E-state index is 10.9. The van der Waals surface area contributed by atoms with Crippen LogP contribution in [0.25, 0.3) is 0 Å². The molecule has 3 heteroatoms. The van der Waals surface area contributed by atoms with Gasteiger partial charge in [-0.05, 0) is 24.6 Å². The van der Waals surface area contributed by atoms with Crippen LogP contribution in [0.5, 0.6) is 5.75 Å². The third-order valence-corrected chi connectivity index (χ3v) is 2.89. The lowest BCUT2D eigenvalue weighted by Gasteiger charge is -2.10. The summed E-state index contributed by atoms with van der Waals surface area (Å²) in [5, 5.41) is 0.451. The highest BCUT2D eigenvalue weighted by atomic mass is 35.5. The Labute approximate surface area is 111 Å². The number of hydrogen-bond donors (Lipinski definition) is 0. The van der Waals surface area contributed by atoms with E-state index in [9.17, 15) is 4.79 Å². The predicted molar refractivity (Wildman–Crippen MR) is 72.4 cm³/mol. The van der Waals surface area contributed by atoms with E-state index in [1.807, 2.05) is 31.2 Å². The second-order valence-corrected chi connectivity index (χ2v) is 4.46. The van der Waals surface area contributed by atoms with Crippen LogP contribution in [-0.4, -0.2) is 6.29 Å². The number of para-hydroxylation sites is 1. The summed E-state index contributed by atoms with van der Waals surface area (Å²) < 4.78 is 5.64. The van der Waals surface area contributed by atoms with Crippen LogP contribution in [0.2, 0.25) is 5.02 Å². The van der Waals surface area contributed by atoms with E-state index in [-0.39, 0.29) is 0 Å². The highest BCUT2D eigenvalue weighted by Gasteiger charge is 2.07. The van der Waals surface area contributed by atoms with E-state index in [1.54, 1.807) is 18.2 Å². The molecule has 2 aromatic rings. The second kappa shape index (κ2) is 5.69. The van der Waals surface area contributed by atoms with Crippen LogP contribution in [0.1, 0.15) is 21.5 Å². The third-order valence-electron chi connectivity index (χ3n) is 2.59. The fraction of sp³-hybridized carbons (Fsp3) is 0.133. The van der Waals surface area contributed by atoms with E-state index in [2.05, 4.69) is 0 Å². The zero-order chi connectivity index (χ0) is 13.0. The Kier molecular flexibility index (Phi) is 4.00. The first-order valence-electron chi connectivity index (χ1n) is 5.63. The third kappa shape index (κ3) is 2.90. The predicted octanol–water partition coefficient (Wildman–Crippen LogP) is 4.04. The summed E-state index contributed by atoms with van der Waals surface area (Å²) in [4.78, 5) is 10.9. The van der Waals surface area contributed by atoms with E-state index in [4.69, 9.17) is 16.3 Å². The van der Waals surface area contributed by atoms with Crippen LogP contribution in [0, 0.1) is 6.92 Å². The quantitative estimate of drug-likeness (QED) is 0.776. The van der Waals surface area contributed by atoms with Crippen LogP contribution >= 0.6 is 11.6 Å². The van der Waals surface area contributed by atoms with Gasteiger partial charge >= 0.3 is 0 Å². The van der Waals surface area contributed by atoms with Gasteiger partial charge < -0.3 is 4.74 Å². The van der Waals surface area contributed by atoms with Crippen molar-refractivity contribution in [2.24, 2.45) is 0 Å². The first-order valence-corrected chi connectivity index (χ1v) is 6.00. The lowest BCUT2D eigenvalue weighted by Crippen LogP contribution is -1.99. The van der Waals surface area contributed by atoms with Gasteiger partial charge in [-0.1, -0.05) is 47.5 Å². The molecule has 0 amide bonds. The molecule has 0 aliphatic heterocycles. The van der Waals surface area contributed by atoms with E-state index in [0.29, 0.717) is 22.9 Å². The molecule has 2 rings (SSSR count). The van der Waals surface area contributed by atoms with Crippen molar-refractivity contribution in [3.8, 4) is 5.75 Å². The number of ether oxygens (including phenoxy) is 1. The van der Waals surface area contributed by atoms with E-state index < -0.39 is 0 Å². The molecule has 0 heterocycles. The van der Waals surface area contributed by atoms with Gasteiger partial charge in [-0.25, -0.2) is 0 Å². The summed E-state index contributed by atoms with van der Waals surface area (Å²) in [6.45, 7) is 2.42. The van der Waals surface area contributed by atoms with Crippen LogP contribution < -0.4 is 4.74 Å². The van der Waals surface area contributed by atoms with Gasteiger partial charge in [0.2, 0.25) is 0 Å². The first kappa shape index (κ1) is 12.7. The van der Waals surface area contributed by atoms with Gasteiger partial charge in [0.05, 0.1) is 10.6 Å². The smallest absolute Gasteiger partial charge is 0.153 e. The average Bonchev–Trinajstić information content (AvgIpc) is 2.37. The standard InChI is InChI=1S/C15H13ClO2/c1-11-4-2-5-12(8-11)10-18-15-13(9-17)6-3-7-14(15)16/h2-9H,10H2,1H3. The van der Waals surface area contributed by atoms with E-state index in [0.717, 1.165) is 11.8 Å². The number of aryl methyl sites for hydroxylation is 1. The average molecular weight is 261 g/mol. The molecule has 0 unspecified atom stereocenters. The van der Waals surface area contributed by atoms with Crippen molar-refractivity contribution in [3.63, 3.8) is 0 Å². The summed E-state index contributed by atoms with van der Waals surface area (Å²) in [6, 6.07) is 13.1.